The number of hydrogen-bond donors (Lipinski definition) is 2. The van der Waals surface area contributed by atoms with E-state index < -0.39 is 0 Å². The van der Waals surface area contributed by atoms with Crippen molar-refractivity contribution >= 4 is 17.3 Å². The number of nitrogens with zero attached hydrogens (tertiary/aromatic N) is 3. The number of rotatable bonds is 4. The van der Waals surface area contributed by atoms with Gasteiger partial charge in [0, 0.05) is 29.8 Å². The Morgan fingerprint density at radius 3 is 2.52 bits per heavy atom. The maximum absolute atomic E-state index is 9.69. The van der Waals surface area contributed by atoms with Gasteiger partial charge in [-0.1, -0.05) is 18.9 Å². The normalized spacial score (nSPS) is 22.2. The van der Waals surface area contributed by atoms with E-state index in [0.29, 0.717) is 6.04 Å². The first-order valence-electron chi connectivity index (χ1n) is 10.2. The van der Waals surface area contributed by atoms with Gasteiger partial charge in [0.25, 0.3) is 0 Å². The number of phenols is 1. The summed E-state index contributed by atoms with van der Waals surface area (Å²) in [5, 5.41) is 14.1. The van der Waals surface area contributed by atoms with Gasteiger partial charge in [-0.25, -0.2) is 0 Å². The lowest BCUT2D eigenvalue weighted by Gasteiger charge is -2.33. The van der Waals surface area contributed by atoms with E-state index in [4.69, 9.17) is 12.2 Å². The number of pyridine rings is 1. The quantitative estimate of drug-likeness (QED) is 0.628. The maximum atomic E-state index is 9.69. The summed E-state index contributed by atoms with van der Waals surface area (Å²) >= 11 is 5.83. The molecule has 5 rings (SSSR count). The van der Waals surface area contributed by atoms with Crippen molar-refractivity contribution in [2.45, 2.75) is 43.8 Å². The van der Waals surface area contributed by atoms with Crippen molar-refractivity contribution in [3.05, 3.63) is 78.4 Å². The second-order valence-corrected chi connectivity index (χ2v) is 8.18. The third-order valence-electron chi connectivity index (χ3n) is 6.06. The summed E-state index contributed by atoms with van der Waals surface area (Å²) in [5.74, 6) is 0.269. The fraction of sp³-hybridized carbons (Fsp3) is 0.304. The minimum Gasteiger partial charge on any atom is -0.508 e. The monoisotopic (exact) mass is 404 g/mol. The molecule has 6 heteroatoms. The van der Waals surface area contributed by atoms with E-state index in [9.17, 15) is 5.11 Å². The molecule has 2 fully saturated rings. The molecule has 1 aromatic carbocycles. The number of thiocarbonyl (C=S) groups is 1. The summed E-state index contributed by atoms with van der Waals surface area (Å²) < 4.78 is 2.19. The number of nitrogens with one attached hydrogen (secondary N) is 1. The van der Waals surface area contributed by atoms with Crippen LogP contribution in [0.1, 0.15) is 49.2 Å². The number of aromatic hydroxyl groups is 1. The molecule has 5 nitrogen and oxygen atoms in total. The Bertz CT molecular complexity index is 995. The molecule has 3 heterocycles. The summed E-state index contributed by atoms with van der Waals surface area (Å²) in [6.45, 7) is 0. The van der Waals surface area contributed by atoms with Gasteiger partial charge in [-0.15, -0.1) is 0 Å². The standard InChI is InChI=1S/C23H24N4OS/c28-18-12-10-16(11-13-18)26-15-5-9-20(26)22-21(19-8-3-4-14-24-19)25-23(29)27(22)17-6-1-2-7-17/h3-5,8-15,17,21-22,28H,1-2,6-7H2,(H,25,29). The molecule has 2 atom stereocenters. The molecule has 2 aliphatic rings. The van der Waals surface area contributed by atoms with Crippen LogP contribution < -0.4 is 5.32 Å². The van der Waals surface area contributed by atoms with Gasteiger partial charge >= 0.3 is 0 Å². The first-order chi connectivity index (χ1) is 14.2. The molecule has 3 aromatic rings. The molecule has 2 N–H and O–H groups in total. The third-order valence-corrected chi connectivity index (χ3v) is 6.39. The zero-order valence-electron chi connectivity index (χ0n) is 16.1. The first-order valence-corrected chi connectivity index (χ1v) is 10.6. The molecule has 0 radical (unpaired) electrons. The maximum Gasteiger partial charge on any atom is 0.170 e. The highest BCUT2D eigenvalue weighted by atomic mass is 32.1. The molecular weight excluding hydrogens is 380 g/mol. The summed E-state index contributed by atoms with van der Waals surface area (Å²) in [6.07, 6.45) is 8.77. The van der Waals surface area contributed by atoms with E-state index in [2.05, 4.69) is 44.2 Å². The molecular formula is C23H24N4OS. The summed E-state index contributed by atoms with van der Waals surface area (Å²) in [4.78, 5) is 7.05. The van der Waals surface area contributed by atoms with Gasteiger partial charge in [0.15, 0.2) is 5.11 Å². The van der Waals surface area contributed by atoms with Gasteiger partial charge in [0.05, 0.1) is 17.8 Å². The van der Waals surface area contributed by atoms with Crippen LogP contribution in [0.4, 0.5) is 0 Å². The van der Waals surface area contributed by atoms with Crippen LogP contribution in [0.5, 0.6) is 5.75 Å². The number of benzene rings is 1. The average molecular weight is 405 g/mol. The van der Waals surface area contributed by atoms with E-state index in [1.165, 1.54) is 31.4 Å². The molecule has 1 saturated heterocycles. The molecule has 1 aliphatic heterocycles. The van der Waals surface area contributed by atoms with Crippen molar-refractivity contribution < 1.29 is 5.11 Å². The molecule has 2 aromatic heterocycles. The van der Waals surface area contributed by atoms with Crippen molar-refractivity contribution in [2.24, 2.45) is 0 Å². The lowest BCUT2D eigenvalue weighted by atomic mass is 9.99. The van der Waals surface area contributed by atoms with E-state index in [-0.39, 0.29) is 17.8 Å². The topological polar surface area (TPSA) is 53.3 Å². The second-order valence-electron chi connectivity index (χ2n) is 7.79. The second kappa shape index (κ2) is 7.52. The van der Waals surface area contributed by atoms with Gasteiger partial charge in [0.2, 0.25) is 0 Å². The van der Waals surface area contributed by atoms with Crippen LogP contribution in [0.15, 0.2) is 67.0 Å². The number of phenolic OH excluding ortho intramolecular Hbond substituents is 1. The molecule has 2 unspecified atom stereocenters. The van der Waals surface area contributed by atoms with Crippen molar-refractivity contribution in [1.82, 2.24) is 19.8 Å². The minimum absolute atomic E-state index is 0.00457. The third kappa shape index (κ3) is 3.27. The fourth-order valence-corrected chi connectivity index (χ4v) is 5.13. The number of aromatic nitrogens is 2. The highest BCUT2D eigenvalue weighted by molar-refractivity contribution is 7.80. The highest BCUT2D eigenvalue weighted by Gasteiger charge is 2.44. The van der Waals surface area contributed by atoms with Crippen LogP contribution in [0, 0.1) is 0 Å². The van der Waals surface area contributed by atoms with Gasteiger partial charge in [-0.05, 0) is 73.6 Å². The largest absolute Gasteiger partial charge is 0.508 e. The Labute approximate surface area is 176 Å². The molecule has 0 amide bonds. The highest BCUT2D eigenvalue weighted by Crippen LogP contribution is 2.43. The van der Waals surface area contributed by atoms with Crippen LogP contribution >= 0.6 is 12.2 Å². The van der Waals surface area contributed by atoms with Crippen LogP contribution in [0.3, 0.4) is 0 Å². The Hall–Kier alpha value is -2.86. The lowest BCUT2D eigenvalue weighted by Crippen LogP contribution is -2.38. The van der Waals surface area contributed by atoms with Crippen LogP contribution in [0.25, 0.3) is 5.69 Å². The van der Waals surface area contributed by atoms with E-state index >= 15 is 0 Å². The molecule has 1 aliphatic carbocycles. The van der Waals surface area contributed by atoms with Crippen molar-refractivity contribution in [3.63, 3.8) is 0 Å². The summed E-state index contributed by atoms with van der Waals surface area (Å²) in [6, 6.07) is 18.1. The summed E-state index contributed by atoms with van der Waals surface area (Å²) in [7, 11) is 0. The van der Waals surface area contributed by atoms with Gasteiger partial charge in [-0.2, -0.15) is 0 Å². The van der Waals surface area contributed by atoms with Crippen LogP contribution in [-0.4, -0.2) is 30.7 Å². The van der Waals surface area contributed by atoms with Gasteiger partial charge in [-0.3, -0.25) is 4.98 Å². The lowest BCUT2D eigenvalue weighted by molar-refractivity contribution is 0.239. The fourth-order valence-electron chi connectivity index (χ4n) is 4.74. The zero-order valence-corrected chi connectivity index (χ0v) is 16.9. The van der Waals surface area contributed by atoms with E-state index in [1.807, 2.05) is 30.5 Å². The summed E-state index contributed by atoms with van der Waals surface area (Å²) in [5.41, 5.74) is 3.19. The van der Waals surface area contributed by atoms with Crippen molar-refractivity contribution in [2.75, 3.05) is 0 Å². The molecule has 0 spiro atoms. The van der Waals surface area contributed by atoms with Gasteiger partial charge in [0.1, 0.15) is 5.75 Å². The smallest absolute Gasteiger partial charge is 0.170 e. The Morgan fingerprint density at radius 2 is 1.79 bits per heavy atom. The van der Waals surface area contributed by atoms with Crippen molar-refractivity contribution in [1.29, 1.82) is 0 Å². The SMILES string of the molecule is Oc1ccc(-n2cccc2C2C(c3ccccn3)NC(=S)N2C2CCCC2)cc1. The van der Waals surface area contributed by atoms with Crippen LogP contribution in [0.2, 0.25) is 0 Å². The minimum atomic E-state index is -0.00457. The molecule has 148 valence electrons. The first kappa shape index (κ1) is 18.2. The Balaban J connectivity index is 1.61. The van der Waals surface area contributed by atoms with E-state index in [0.717, 1.165) is 16.5 Å². The van der Waals surface area contributed by atoms with Gasteiger partial charge < -0.3 is 19.9 Å². The predicted octanol–water partition coefficient (Wildman–Crippen LogP) is 4.49. The Kier molecular flexibility index (Phi) is 4.72. The van der Waals surface area contributed by atoms with Crippen molar-refractivity contribution in [3.8, 4) is 11.4 Å². The molecule has 1 saturated carbocycles. The van der Waals surface area contributed by atoms with E-state index in [1.54, 1.807) is 12.1 Å². The zero-order chi connectivity index (χ0) is 19.8. The van der Waals surface area contributed by atoms with Crippen LogP contribution in [-0.2, 0) is 0 Å². The Morgan fingerprint density at radius 1 is 1.00 bits per heavy atom. The average Bonchev–Trinajstić information content (AvgIpc) is 3.48. The number of hydrogen-bond acceptors (Lipinski definition) is 3. The molecule has 29 heavy (non-hydrogen) atoms. The molecule has 0 bridgehead atoms. The predicted molar refractivity (Wildman–Crippen MR) is 117 cm³/mol.